The van der Waals surface area contributed by atoms with Gasteiger partial charge in [-0.25, -0.2) is 14.8 Å². The van der Waals surface area contributed by atoms with Crippen LogP contribution >= 0.6 is 11.8 Å². The molecule has 0 fully saturated rings. The molecule has 9 heteroatoms. The zero-order valence-electron chi connectivity index (χ0n) is 17.2. The summed E-state index contributed by atoms with van der Waals surface area (Å²) in [5, 5.41) is 8.97. The predicted molar refractivity (Wildman–Crippen MR) is 120 cm³/mol. The third kappa shape index (κ3) is 6.71. The number of benzene rings is 2. The maximum Gasteiger partial charge on any atom is 0.319 e. The summed E-state index contributed by atoms with van der Waals surface area (Å²) < 4.78 is 5.07. The van der Waals surface area contributed by atoms with Gasteiger partial charge in [0.1, 0.15) is 5.75 Å². The lowest BCUT2D eigenvalue weighted by Gasteiger charge is -2.11. The van der Waals surface area contributed by atoms with Gasteiger partial charge in [0.15, 0.2) is 5.16 Å². The van der Waals surface area contributed by atoms with Gasteiger partial charge in [-0.1, -0.05) is 0 Å². The number of anilines is 1. The molecule has 31 heavy (non-hydrogen) atoms. The molecule has 3 amide bonds. The van der Waals surface area contributed by atoms with Crippen LogP contribution in [0.4, 0.5) is 10.5 Å². The van der Waals surface area contributed by atoms with Gasteiger partial charge in [-0.3, -0.25) is 4.79 Å². The number of hydrogen-bond donors (Lipinski definition) is 3. The molecule has 0 aliphatic carbocycles. The molecule has 0 radical (unpaired) electrons. The maximum absolute atomic E-state index is 12.2. The number of carbonyl (C=O) groups is 2. The van der Waals surface area contributed by atoms with Crippen LogP contribution in [0.5, 0.6) is 5.75 Å². The van der Waals surface area contributed by atoms with E-state index in [-0.39, 0.29) is 11.9 Å². The second-order valence-corrected chi connectivity index (χ2v) is 7.52. The van der Waals surface area contributed by atoms with Crippen LogP contribution in [0.25, 0.3) is 0 Å². The first-order valence-corrected chi connectivity index (χ1v) is 10.4. The van der Waals surface area contributed by atoms with Crippen molar-refractivity contribution < 1.29 is 14.3 Å². The molecule has 3 aromatic rings. The van der Waals surface area contributed by atoms with E-state index in [0.29, 0.717) is 35.2 Å². The summed E-state index contributed by atoms with van der Waals surface area (Å²) in [7, 11) is 1.57. The number of ether oxygens (including phenoxy) is 1. The lowest BCUT2D eigenvalue weighted by Crippen LogP contribution is -2.36. The van der Waals surface area contributed by atoms with Gasteiger partial charge in [0.2, 0.25) is 0 Å². The molecule has 8 nitrogen and oxygen atoms in total. The number of carbonyl (C=O) groups excluding carboxylic acids is 2. The Hall–Kier alpha value is -3.59. The summed E-state index contributed by atoms with van der Waals surface area (Å²) in [6.45, 7) is 2.52. The number of amides is 3. The van der Waals surface area contributed by atoms with E-state index in [1.165, 1.54) is 11.8 Å². The number of hydrogen-bond acceptors (Lipinski definition) is 6. The van der Waals surface area contributed by atoms with E-state index in [9.17, 15) is 9.59 Å². The first-order chi connectivity index (χ1) is 15.0. The van der Waals surface area contributed by atoms with Crippen LogP contribution in [0.15, 0.2) is 71.0 Å². The first-order valence-electron chi connectivity index (χ1n) is 9.58. The van der Waals surface area contributed by atoms with E-state index in [1.807, 2.05) is 25.1 Å². The molecule has 160 valence electrons. The second-order valence-electron chi connectivity index (χ2n) is 6.48. The van der Waals surface area contributed by atoms with Gasteiger partial charge in [-0.15, -0.1) is 0 Å². The highest BCUT2D eigenvalue weighted by Gasteiger charge is 2.08. The van der Waals surface area contributed by atoms with Crippen molar-refractivity contribution in [3.63, 3.8) is 0 Å². The molecular formula is C22H23N5O3S. The van der Waals surface area contributed by atoms with Gasteiger partial charge in [0.25, 0.3) is 5.91 Å². The topological polar surface area (TPSA) is 105 Å². The predicted octanol–water partition coefficient (Wildman–Crippen LogP) is 3.50. The average molecular weight is 438 g/mol. The van der Waals surface area contributed by atoms with Crippen LogP contribution in [0.3, 0.4) is 0 Å². The number of nitrogens with zero attached hydrogens (tertiary/aromatic N) is 2. The van der Waals surface area contributed by atoms with E-state index >= 15 is 0 Å². The van der Waals surface area contributed by atoms with Crippen LogP contribution in [0.2, 0.25) is 0 Å². The summed E-state index contributed by atoms with van der Waals surface area (Å²) in [5.41, 5.74) is 2.15. The fourth-order valence-electron chi connectivity index (χ4n) is 2.65. The first kappa shape index (κ1) is 22.1. The molecule has 0 bridgehead atoms. The van der Waals surface area contributed by atoms with Gasteiger partial charge in [0.05, 0.1) is 7.11 Å². The third-order valence-electron chi connectivity index (χ3n) is 4.25. The highest BCUT2D eigenvalue weighted by atomic mass is 32.2. The Bertz CT molecular complexity index is 1030. The van der Waals surface area contributed by atoms with Crippen molar-refractivity contribution in [2.45, 2.75) is 17.0 Å². The standard InChI is InChI=1S/C22H23N5O3S/c1-15-14-18(31-22-25-10-3-11-26-22)8-9-19(15)27-21(29)24-13-12-23-20(28)16-4-6-17(30-2)7-5-16/h3-11,14H,12-13H2,1-2H3,(H,23,28)(H2,24,27,29). The number of aryl methyl sites for hydroxylation is 1. The van der Waals surface area contributed by atoms with Crippen LogP contribution in [-0.4, -0.2) is 42.1 Å². The SMILES string of the molecule is COc1ccc(C(=O)NCCNC(=O)Nc2ccc(Sc3ncccn3)cc2C)cc1. The normalized spacial score (nSPS) is 10.3. The molecule has 0 unspecified atom stereocenters. The second kappa shape index (κ2) is 11.0. The van der Waals surface area contributed by atoms with E-state index in [0.717, 1.165) is 10.5 Å². The minimum Gasteiger partial charge on any atom is -0.497 e. The highest BCUT2D eigenvalue weighted by molar-refractivity contribution is 7.99. The van der Waals surface area contributed by atoms with Crippen LogP contribution < -0.4 is 20.7 Å². The molecular weight excluding hydrogens is 414 g/mol. The van der Waals surface area contributed by atoms with Crippen molar-refractivity contribution in [2.75, 3.05) is 25.5 Å². The third-order valence-corrected chi connectivity index (χ3v) is 5.13. The van der Waals surface area contributed by atoms with Crippen LogP contribution in [-0.2, 0) is 0 Å². The van der Waals surface area contributed by atoms with Crippen LogP contribution in [0.1, 0.15) is 15.9 Å². The van der Waals surface area contributed by atoms with Gasteiger partial charge >= 0.3 is 6.03 Å². The van der Waals surface area contributed by atoms with Gasteiger partial charge in [-0.2, -0.15) is 0 Å². The van der Waals surface area contributed by atoms with Gasteiger partial charge < -0.3 is 20.7 Å². The van der Waals surface area contributed by atoms with E-state index in [1.54, 1.807) is 49.8 Å². The Labute approximate surface area is 184 Å². The molecule has 0 aliphatic rings. The van der Waals surface area contributed by atoms with Crippen molar-refractivity contribution in [1.29, 1.82) is 0 Å². The molecule has 0 aliphatic heterocycles. The summed E-state index contributed by atoms with van der Waals surface area (Å²) in [4.78, 5) is 33.6. The molecule has 0 saturated heterocycles. The number of urea groups is 1. The fraction of sp³-hybridized carbons (Fsp3) is 0.182. The van der Waals surface area contributed by atoms with Crippen molar-refractivity contribution in [3.05, 3.63) is 72.1 Å². The number of methoxy groups -OCH3 is 1. The number of nitrogens with one attached hydrogen (secondary N) is 3. The molecule has 0 spiro atoms. The molecule has 1 aromatic heterocycles. The van der Waals surface area contributed by atoms with Crippen molar-refractivity contribution in [3.8, 4) is 5.75 Å². The van der Waals surface area contributed by atoms with Gasteiger partial charge in [-0.05, 0) is 72.8 Å². The lowest BCUT2D eigenvalue weighted by atomic mass is 10.2. The Kier molecular flexibility index (Phi) is 7.83. The molecule has 3 rings (SSSR count). The zero-order chi connectivity index (χ0) is 22.1. The van der Waals surface area contributed by atoms with Crippen LogP contribution in [0, 0.1) is 6.92 Å². The quantitative estimate of drug-likeness (QED) is 0.368. The Morgan fingerprint density at radius 3 is 2.39 bits per heavy atom. The lowest BCUT2D eigenvalue weighted by molar-refractivity contribution is 0.0954. The number of rotatable bonds is 8. The molecule has 2 aromatic carbocycles. The van der Waals surface area contributed by atoms with Crippen molar-refractivity contribution >= 4 is 29.4 Å². The Morgan fingerprint density at radius 1 is 1.00 bits per heavy atom. The van der Waals surface area contributed by atoms with E-state index in [4.69, 9.17) is 4.74 Å². The smallest absolute Gasteiger partial charge is 0.319 e. The monoisotopic (exact) mass is 437 g/mol. The van der Waals surface area contributed by atoms with E-state index < -0.39 is 0 Å². The molecule has 0 saturated carbocycles. The Morgan fingerprint density at radius 2 is 1.71 bits per heavy atom. The maximum atomic E-state index is 12.2. The number of aromatic nitrogens is 2. The molecule has 3 N–H and O–H groups in total. The average Bonchev–Trinajstić information content (AvgIpc) is 2.79. The molecule has 0 atom stereocenters. The zero-order valence-corrected chi connectivity index (χ0v) is 18.0. The Balaban J connectivity index is 1.42. The minimum absolute atomic E-state index is 0.212. The fourth-order valence-corrected chi connectivity index (χ4v) is 3.46. The summed E-state index contributed by atoms with van der Waals surface area (Å²) >= 11 is 1.45. The summed E-state index contributed by atoms with van der Waals surface area (Å²) in [6.07, 6.45) is 3.39. The molecule has 1 heterocycles. The highest BCUT2D eigenvalue weighted by Crippen LogP contribution is 2.27. The van der Waals surface area contributed by atoms with Crippen molar-refractivity contribution in [2.24, 2.45) is 0 Å². The largest absolute Gasteiger partial charge is 0.497 e. The van der Waals surface area contributed by atoms with E-state index in [2.05, 4.69) is 25.9 Å². The summed E-state index contributed by atoms with van der Waals surface area (Å²) in [6, 6.07) is 13.9. The van der Waals surface area contributed by atoms with Crippen molar-refractivity contribution in [1.82, 2.24) is 20.6 Å². The minimum atomic E-state index is -0.339. The van der Waals surface area contributed by atoms with Gasteiger partial charge in [0, 0.05) is 41.6 Å². The summed E-state index contributed by atoms with van der Waals surface area (Å²) in [5.74, 6) is 0.474.